The van der Waals surface area contributed by atoms with Gasteiger partial charge in [-0.05, 0) is 51.0 Å². The van der Waals surface area contributed by atoms with Gasteiger partial charge in [0.2, 0.25) is 10.0 Å². The number of amides is 1. The number of sulfonamides is 1. The number of anilines is 1. The van der Waals surface area contributed by atoms with Gasteiger partial charge in [0.05, 0.1) is 24.0 Å². The average Bonchev–Trinajstić information content (AvgIpc) is 2.66. The summed E-state index contributed by atoms with van der Waals surface area (Å²) in [6.07, 6.45) is -0.913. The monoisotopic (exact) mass is 402 g/mol. The highest BCUT2D eigenvalue weighted by molar-refractivity contribution is 7.92. The van der Waals surface area contributed by atoms with E-state index in [1.165, 1.54) is 4.31 Å². The van der Waals surface area contributed by atoms with Crippen molar-refractivity contribution >= 4 is 21.6 Å². The SMILES string of the molecule is CCS(=O)(=O)N1CC(C(=O)NC(C)c2ccc(C)cc2C)Oc2ccccc21. The summed E-state index contributed by atoms with van der Waals surface area (Å²) < 4.78 is 32.2. The van der Waals surface area contributed by atoms with Crippen molar-refractivity contribution in [1.82, 2.24) is 5.32 Å². The lowest BCUT2D eigenvalue weighted by Crippen LogP contribution is -2.51. The number of benzene rings is 2. The zero-order valence-electron chi connectivity index (χ0n) is 16.6. The molecular weight excluding hydrogens is 376 g/mol. The molecule has 1 aliphatic heterocycles. The van der Waals surface area contributed by atoms with Crippen LogP contribution < -0.4 is 14.4 Å². The molecule has 28 heavy (non-hydrogen) atoms. The van der Waals surface area contributed by atoms with Crippen molar-refractivity contribution in [2.75, 3.05) is 16.6 Å². The molecule has 7 heteroatoms. The van der Waals surface area contributed by atoms with E-state index in [2.05, 4.69) is 11.4 Å². The smallest absolute Gasteiger partial charge is 0.263 e. The number of hydrogen-bond acceptors (Lipinski definition) is 4. The van der Waals surface area contributed by atoms with E-state index in [4.69, 9.17) is 4.74 Å². The second-order valence-corrected chi connectivity index (χ2v) is 9.28. The van der Waals surface area contributed by atoms with E-state index in [0.29, 0.717) is 11.4 Å². The third kappa shape index (κ3) is 3.99. The average molecular weight is 403 g/mol. The maximum Gasteiger partial charge on any atom is 0.263 e. The Morgan fingerprint density at radius 1 is 1.25 bits per heavy atom. The van der Waals surface area contributed by atoms with Gasteiger partial charge in [0.25, 0.3) is 5.91 Å². The number of hydrogen-bond donors (Lipinski definition) is 1. The van der Waals surface area contributed by atoms with Crippen molar-refractivity contribution in [1.29, 1.82) is 0 Å². The van der Waals surface area contributed by atoms with E-state index < -0.39 is 16.1 Å². The third-order valence-electron chi connectivity index (χ3n) is 4.98. The molecule has 1 amide bonds. The quantitative estimate of drug-likeness (QED) is 0.834. The number of carbonyl (C=O) groups is 1. The number of ether oxygens (including phenoxy) is 1. The first kappa shape index (κ1) is 20.2. The molecule has 0 aromatic heterocycles. The van der Waals surface area contributed by atoms with E-state index >= 15 is 0 Å². The molecule has 3 rings (SSSR count). The predicted molar refractivity (Wildman–Crippen MR) is 110 cm³/mol. The third-order valence-corrected chi connectivity index (χ3v) is 6.73. The number of nitrogens with zero attached hydrogens (tertiary/aromatic N) is 1. The van der Waals surface area contributed by atoms with Crippen LogP contribution in [-0.4, -0.2) is 32.7 Å². The molecule has 2 unspecified atom stereocenters. The molecule has 0 saturated heterocycles. The first-order valence-electron chi connectivity index (χ1n) is 9.36. The zero-order chi connectivity index (χ0) is 20.5. The lowest BCUT2D eigenvalue weighted by atomic mass is 10.00. The highest BCUT2D eigenvalue weighted by Crippen LogP contribution is 2.35. The number of aryl methyl sites for hydroxylation is 2. The molecule has 0 radical (unpaired) electrons. The molecule has 0 fully saturated rings. The van der Waals surface area contributed by atoms with Gasteiger partial charge in [-0.2, -0.15) is 0 Å². The maximum atomic E-state index is 12.9. The molecule has 2 atom stereocenters. The predicted octanol–water partition coefficient (Wildman–Crippen LogP) is 3.10. The summed E-state index contributed by atoms with van der Waals surface area (Å²) >= 11 is 0. The van der Waals surface area contributed by atoms with E-state index in [0.717, 1.165) is 16.7 Å². The summed E-state index contributed by atoms with van der Waals surface area (Å²) in [6.45, 7) is 7.49. The Bertz CT molecular complexity index is 988. The molecule has 1 aliphatic rings. The molecule has 0 saturated carbocycles. The van der Waals surface area contributed by atoms with Gasteiger partial charge in [0.1, 0.15) is 5.75 Å². The summed E-state index contributed by atoms with van der Waals surface area (Å²) in [5, 5.41) is 2.96. The van der Waals surface area contributed by atoms with Gasteiger partial charge in [-0.1, -0.05) is 35.9 Å². The number of fused-ring (bicyclic) bond motifs is 1. The van der Waals surface area contributed by atoms with E-state index in [9.17, 15) is 13.2 Å². The van der Waals surface area contributed by atoms with E-state index in [-0.39, 0.29) is 24.2 Å². The number of para-hydroxylation sites is 2. The van der Waals surface area contributed by atoms with Crippen molar-refractivity contribution in [3.63, 3.8) is 0 Å². The Morgan fingerprint density at radius 3 is 2.64 bits per heavy atom. The summed E-state index contributed by atoms with van der Waals surface area (Å²) in [5.41, 5.74) is 3.74. The number of nitrogens with one attached hydrogen (secondary N) is 1. The van der Waals surface area contributed by atoms with Crippen LogP contribution in [0.15, 0.2) is 42.5 Å². The van der Waals surface area contributed by atoms with Crippen LogP contribution >= 0.6 is 0 Å². The van der Waals surface area contributed by atoms with Crippen molar-refractivity contribution in [3.05, 3.63) is 59.2 Å². The van der Waals surface area contributed by atoms with Gasteiger partial charge in [0, 0.05) is 0 Å². The highest BCUT2D eigenvalue weighted by atomic mass is 32.2. The van der Waals surface area contributed by atoms with Crippen molar-refractivity contribution in [3.8, 4) is 5.75 Å². The summed E-state index contributed by atoms with van der Waals surface area (Å²) in [6, 6.07) is 12.7. The Hall–Kier alpha value is -2.54. The van der Waals surface area contributed by atoms with E-state index in [1.807, 2.05) is 32.9 Å². The summed E-state index contributed by atoms with van der Waals surface area (Å²) in [4.78, 5) is 12.9. The molecular formula is C21H26N2O4S. The fourth-order valence-corrected chi connectivity index (χ4v) is 4.58. The summed E-state index contributed by atoms with van der Waals surface area (Å²) in [7, 11) is -3.52. The molecule has 2 aromatic rings. The van der Waals surface area contributed by atoms with Crippen LogP contribution in [0.2, 0.25) is 0 Å². The largest absolute Gasteiger partial charge is 0.476 e. The maximum absolute atomic E-state index is 12.9. The number of carbonyl (C=O) groups excluding carboxylic acids is 1. The summed E-state index contributed by atoms with van der Waals surface area (Å²) in [5.74, 6) is 0.0117. The molecule has 0 bridgehead atoms. The molecule has 0 aliphatic carbocycles. The van der Waals surface area contributed by atoms with Crippen LogP contribution in [-0.2, 0) is 14.8 Å². The first-order chi connectivity index (χ1) is 13.2. The fourth-order valence-electron chi connectivity index (χ4n) is 3.45. The minimum Gasteiger partial charge on any atom is -0.476 e. The molecule has 0 spiro atoms. The molecule has 150 valence electrons. The zero-order valence-corrected chi connectivity index (χ0v) is 17.4. The van der Waals surface area contributed by atoms with Crippen LogP contribution in [0.3, 0.4) is 0 Å². The van der Waals surface area contributed by atoms with Gasteiger partial charge >= 0.3 is 0 Å². The normalized spacial score (nSPS) is 17.4. The first-order valence-corrected chi connectivity index (χ1v) is 11.0. The molecule has 2 aromatic carbocycles. The van der Waals surface area contributed by atoms with Gasteiger partial charge in [0.15, 0.2) is 6.10 Å². The minimum atomic E-state index is -3.52. The van der Waals surface area contributed by atoms with Crippen LogP contribution in [0.4, 0.5) is 5.69 Å². The van der Waals surface area contributed by atoms with Crippen LogP contribution in [0.1, 0.15) is 36.6 Å². The van der Waals surface area contributed by atoms with Crippen molar-refractivity contribution in [2.24, 2.45) is 0 Å². The second-order valence-electron chi connectivity index (χ2n) is 7.10. The van der Waals surface area contributed by atoms with Crippen LogP contribution in [0, 0.1) is 13.8 Å². The fraction of sp³-hybridized carbons (Fsp3) is 0.381. The second kappa shape index (κ2) is 7.83. The molecule has 1 N–H and O–H groups in total. The van der Waals surface area contributed by atoms with Crippen molar-refractivity contribution < 1.29 is 17.9 Å². The Balaban J connectivity index is 1.82. The van der Waals surface area contributed by atoms with Gasteiger partial charge in [-0.15, -0.1) is 0 Å². The van der Waals surface area contributed by atoms with Gasteiger partial charge < -0.3 is 10.1 Å². The Kier molecular flexibility index (Phi) is 5.65. The minimum absolute atomic E-state index is 0.0430. The Morgan fingerprint density at radius 2 is 1.96 bits per heavy atom. The standard InChI is InChI=1S/C21H26N2O4S/c1-5-28(25,26)23-13-20(27-19-9-7-6-8-18(19)23)21(24)22-16(4)17-11-10-14(2)12-15(17)3/h6-12,16,20H,5,13H2,1-4H3,(H,22,24). The van der Waals surface area contributed by atoms with Gasteiger partial charge in [-0.3, -0.25) is 9.10 Å². The van der Waals surface area contributed by atoms with E-state index in [1.54, 1.807) is 31.2 Å². The lowest BCUT2D eigenvalue weighted by Gasteiger charge is -2.35. The number of rotatable bonds is 5. The van der Waals surface area contributed by atoms with Crippen LogP contribution in [0.25, 0.3) is 0 Å². The molecule has 1 heterocycles. The van der Waals surface area contributed by atoms with Crippen molar-refractivity contribution in [2.45, 2.75) is 39.8 Å². The topological polar surface area (TPSA) is 75.7 Å². The highest BCUT2D eigenvalue weighted by Gasteiger charge is 2.36. The Labute approximate surface area is 166 Å². The lowest BCUT2D eigenvalue weighted by molar-refractivity contribution is -0.128. The molecule has 6 nitrogen and oxygen atoms in total. The van der Waals surface area contributed by atoms with Gasteiger partial charge in [-0.25, -0.2) is 8.42 Å². The van der Waals surface area contributed by atoms with Crippen LogP contribution in [0.5, 0.6) is 5.75 Å².